The van der Waals surface area contributed by atoms with Gasteiger partial charge in [0.05, 0.1) is 13.2 Å². The quantitative estimate of drug-likeness (QED) is 0.848. The fourth-order valence-electron chi connectivity index (χ4n) is 2.58. The third kappa shape index (κ3) is 3.76. The first kappa shape index (κ1) is 15.7. The van der Waals surface area contributed by atoms with E-state index in [2.05, 4.69) is 17.1 Å². The second-order valence-electron chi connectivity index (χ2n) is 5.63. The van der Waals surface area contributed by atoms with Crippen LogP contribution in [0.15, 0.2) is 34.9 Å². The van der Waals surface area contributed by atoms with Crippen LogP contribution < -0.4 is 0 Å². The molecule has 0 saturated carbocycles. The average Bonchev–Trinajstić information content (AvgIpc) is 3.11. The van der Waals surface area contributed by atoms with Crippen molar-refractivity contribution < 1.29 is 14.1 Å². The molecule has 0 bridgehead atoms. The van der Waals surface area contributed by atoms with Gasteiger partial charge in [0.25, 0.3) is 5.89 Å². The Morgan fingerprint density at radius 2 is 2.17 bits per heavy atom. The molecular formula is C17H21N3O3. The highest BCUT2D eigenvalue weighted by Crippen LogP contribution is 2.24. The van der Waals surface area contributed by atoms with Crippen LogP contribution in [0.5, 0.6) is 0 Å². The summed E-state index contributed by atoms with van der Waals surface area (Å²) in [5.74, 6) is 1.14. The van der Waals surface area contributed by atoms with Crippen LogP contribution in [-0.4, -0.2) is 40.6 Å². The highest BCUT2D eigenvalue weighted by atomic mass is 16.5. The minimum atomic E-state index is -0.324. The SMILES string of the molecule is CCCCC(=O)N1CCO[C@@H](c2noc(-c3ccccc3)n2)C1. The monoisotopic (exact) mass is 315 g/mol. The van der Waals surface area contributed by atoms with Crippen molar-refractivity contribution in [3.63, 3.8) is 0 Å². The van der Waals surface area contributed by atoms with Gasteiger partial charge >= 0.3 is 0 Å². The van der Waals surface area contributed by atoms with Crippen LogP contribution >= 0.6 is 0 Å². The predicted octanol–water partition coefficient (Wildman–Crippen LogP) is 2.83. The molecule has 2 aromatic rings. The highest BCUT2D eigenvalue weighted by Gasteiger charge is 2.28. The maximum Gasteiger partial charge on any atom is 0.258 e. The van der Waals surface area contributed by atoms with Gasteiger partial charge in [-0.05, 0) is 18.6 Å². The standard InChI is InChI=1S/C17H21N3O3/c1-2-3-9-15(21)20-10-11-22-14(12-20)16-18-17(23-19-16)13-7-5-4-6-8-13/h4-8,14H,2-3,9-12H2,1H3/t14-/m1/s1. The Kier molecular flexibility index (Phi) is 5.02. The Bertz CT molecular complexity index is 642. The zero-order chi connectivity index (χ0) is 16.1. The lowest BCUT2D eigenvalue weighted by molar-refractivity contribution is -0.139. The lowest BCUT2D eigenvalue weighted by atomic mass is 10.2. The van der Waals surface area contributed by atoms with Gasteiger partial charge in [0.1, 0.15) is 6.10 Å². The number of amides is 1. The highest BCUT2D eigenvalue weighted by molar-refractivity contribution is 5.76. The fourth-order valence-corrected chi connectivity index (χ4v) is 2.58. The van der Waals surface area contributed by atoms with Crippen LogP contribution in [-0.2, 0) is 9.53 Å². The Morgan fingerprint density at radius 1 is 1.35 bits per heavy atom. The number of nitrogens with zero attached hydrogens (tertiary/aromatic N) is 3. The van der Waals surface area contributed by atoms with Crippen molar-refractivity contribution in [3.8, 4) is 11.5 Å². The molecule has 0 N–H and O–H groups in total. The zero-order valence-electron chi connectivity index (χ0n) is 13.3. The second kappa shape index (κ2) is 7.37. The summed E-state index contributed by atoms with van der Waals surface area (Å²) in [4.78, 5) is 18.4. The van der Waals surface area contributed by atoms with Crippen LogP contribution in [0.4, 0.5) is 0 Å². The zero-order valence-corrected chi connectivity index (χ0v) is 13.3. The van der Waals surface area contributed by atoms with E-state index in [1.807, 2.05) is 35.2 Å². The van der Waals surface area contributed by atoms with E-state index in [1.54, 1.807) is 0 Å². The third-order valence-electron chi connectivity index (χ3n) is 3.91. The van der Waals surface area contributed by atoms with E-state index >= 15 is 0 Å². The summed E-state index contributed by atoms with van der Waals surface area (Å²) >= 11 is 0. The van der Waals surface area contributed by atoms with E-state index in [1.165, 1.54) is 0 Å². The molecule has 6 nitrogen and oxygen atoms in total. The van der Waals surface area contributed by atoms with Crippen molar-refractivity contribution >= 4 is 5.91 Å². The smallest absolute Gasteiger partial charge is 0.258 e. The fraction of sp³-hybridized carbons (Fsp3) is 0.471. The molecule has 2 heterocycles. The Hall–Kier alpha value is -2.21. The Morgan fingerprint density at radius 3 is 2.96 bits per heavy atom. The topological polar surface area (TPSA) is 68.5 Å². The molecule has 1 aromatic heterocycles. The number of hydrogen-bond donors (Lipinski definition) is 0. The summed E-state index contributed by atoms with van der Waals surface area (Å²) in [6.07, 6.45) is 2.20. The minimum absolute atomic E-state index is 0.173. The minimum Gasteiger partial charge on any atom is -0.366 e. The molecule has 1 aromatic carbocycles. The number of carbonyl (C=O) groups excluding carboxylic acids is 1. The normalized spacial score (nSPS) is 18.1. The number of ether oxygens (including phenoxy) is 1. The summed E-state index contributed by atoms with van der Waals surface area (Å²) in [5, 5.41) is 4.02. The number of benzene rings is 1. The van der Waals surface area contributed by atoms with E-state index in [0.29, 0.717) is 37.8 Å². The Labute approximate surface area is 135 Å². The van der Waals surface area contributed by atoms with Crippen LogP contribution in [0.25, 0.3) is 11.5 Å². The lowest BCUT2D eigenvalue weighted by Gasteiger charge is -2.31. The number of carbonyl (C=O) groups is 1. The first-order valence-corrected chi connectivity index (χ1v) is 8.06. The molecule has 0 aliphatic carbocycles. The summed E-state index contributed by atoms with van der Waals surface area (Å²) in [6, 6.07) is 9.61. The van der Waals surface area contributed by atoms with Gasteiger partial charge < -0.3 is 14.2 Å². The van der Waals surface area contributed by atoms with Gasteiger partial charge in [0, 0.05) is 18.5 Å². The van der Waals surface area contributed by atoms with Gasteiger partial charge in [-0.1, -0.05) is 36.7 Å². The van der Waals surface area contributed by atoms with Gasteiger partial charge in [-0.2, -0.15) is 4.98 Å². The van der Waals surface area contributed by atoms with Crippen LogP contribution in [0.1, 0.15) is 38.1 Å². The Balaban J connectivity index is 1.67. The molecule has 0 spiro atoms. The predicted molar refractivity (Wildman–Crippen MR) is 84.5 cm³/mol. The molecule has 6 heteroatoms. The molecule has 1 atom stereocenters. The van der Waals surface area contributed by atoms with E-state index in [-0.39, 0.29) is 12.0 Å². The molecule has 1 amide bonds. The van der Waals surface area contributed by atoms with Crippen molar-refractivity contribution in [2.45, 2.75) is 32.3 Å². The molecule has 1 aliphatic rings. The van der Waals surface area contributed by atoms with Gasteiger partial charge in [-0.15, -0.1) is 0 Å². The van der Waals surface area contributed by atoms with Crippen molar-refractivity contribution in [3.05, 3.63) is 36.2 Å². The maximum atomic E-state index is 12.2. The van der Waals surface area contributed by atoms with Crippen LogP contribution in [0.3, 0.4) is 0 Å². The van der Waals surface area contributed by atoms with Crippen molar-refractivity contribution in [2.75, 3.05) is 19.7 Å². The number of rotatable bonds is 5. The van der Waals surface area contributed by atoms with Gasteiger partial charge in [0.2, 0.25) is 11.7 Å². The largest absolute Gasteiger partial charge is 0.366 e. The van der Waals surface area contributed by atoms with Crippen molar-refractivity contribution in [1.82, 2.24) is 15.0 Å². The molecule has 3 rings (SSSR count). The molecule has 1 fully saturated rings. The molecule has 0 unspecified atom stereocenters. The first-order chi connectivity index (χ1) is 11.3. The second-order valence-corrected chi connectivity index (χ2v) is 5.63. The van der Waals surface area contributed by atoms with Gasteiger partial charge in [-0.25, -0.2) is 0 Å². The number of unbranched alkanes of at least 4 members (excludes halogenated alkanes) is 1. The average molecular weight is 315 g/mol. The lowest BCUT2D eigenvalue weighted by Crippen LogP contribution is -2.42. The first-order valence-electron chi connectivity index (χ1n) is 8.06. The van der Waals surface area contributed by atoms with Crippen LogP contribution in [0.2, 0.25) is 0 Å². The molecule has 23 heavy (non-hydrogen) atoms. The molecule has 0 radical (unpaired) electrons. The van der Waals surface area contributed by atoms with Crippen molar-refractivity contribution in [2.24, 2.45) is 0 Å². The summed E-state index contributed by atoms with van der Waals surface area (Å²) < 4.78 is 11.0. The van der Waals surface area contributed by atoms with Crippen LogP contribution in [0, 0.1) is 0 Å². The van der Waals surface area contributed by atoms with E-state index in [4.69, 9.17) is 9.26 Å². The summed E-state index contributed by atoms with van der Waals surface area (Å²) in [5.41, 5.74) is 0.873. The molecule has 1 saturated heterocycles. The molecule has 1 aliphatic heterocycles. The van der Waals surface area contributed by atoms with Crippen molar-refractivity contribution in [1.29, 1.82) is 0 Å². The number of hydrogen-bond acceptors (Lipinski definition) is 5. The van der Waals surface area contributed by atoms with Gasteiger partial charge in [-0.3, -0.25) is 4.79 Å². The number of aromatic nitrogens is 2. The maximum absolute atomic E-state index is 12.2. The summed E-state index contributed by atoms with van der Waals surface area (Å²) in [7, 11) is 0. The van der Waals surface area contributed by atoms with Gasteiger partial charge in [0.15, 0.2) is 0 Å². The van der Waals surface area contributed by atoms with E-state index in [9.17, 15) is 4.79 Å². The van der Waals surface area contributed by atoms with E-state index < -0.39 is 0 Å². The summed E-state index contributed by atoms with van der Waals surface area (Å²) in [6.45, 7) is 3.69. The molecule has 122 valence electrons. The number of morpholine rings is 1. The van der Waals surface area contributed by atoms with E-state index in [0.717, 1.165) is 18.4 Å². The third-order valence-corrected chi connectivity index (χ3v) is 3.91. The molecular weight excluding hydrogens is 294 g/mol.